The van der Waals surface area contributed by atoms with Crippen molar-refractivity contribution in [1.82, 2.24) is 4.98 Å². The Morgan fingerprint density at radius 3 is 2.72 bits per heavy atom. The van der Waals surface area contributed by atoms with Gasteiger partial charge in [0.2, 0.25) is 5.88 Å². The van der Waals surface area contributed by atoms with E-state index in [4.69, 9.17) is 30.9 Å². The number of carboxylic acids is 1. The zero-order valence-electron chi connectivity index (χ0n) is 9.89. The molecular weight excluding hydrogens is 262 g/mol. The predicted molar refractivity (Wildman–Crippen MR) is 64.4 cm³/mol. The topological polar surface area (TPSA) is 77.9 Å². The molecular formula is C11H14ClNO5. The second kappa shape index (κ2) is 7.86. The first-order valence-corrected chi connectivity index (χ1v) is 5.62. The lowest BCUT2D eigenvalue weighted by molar-refractivity contribution is 0.0527. The molecule has 0 spiro atoms. The summed E-state index contributed by atoms with van der Waals surface area (Å²) in [5.74, 6) is -1.13. The van der Waals surface area contributed by atoms with Crippen LogP contribution < -0.4 is 4.74 Å². The van der Waals surface area contributed by atoms with E-state index in [1.54, 1.807) is 7.11 Å². The average Bonchev–Trinajstić information content (AvgIpc) is 2.33. The first-order valence-electron chi connectivity index (χ1n) is 5.24. The van der Waals surface area contributed by atoms with Crippen molar-refractivity contribution in [1.29, 1.82) is 0 Å². The number of hydrogen-bond donors (Lipinski definition) is 1. The smallest absolute Gasteiger partial charge is 0.341 e. The number of rotatable bonds is 8. The van der Waals surface area contributed by atoms with Gasteiger partial charge in [0.05, 0.1) is 19.8 Å². The van der Waals surface area contributed by atoms with Gasteiger partial charge in [-0.2, -0.15) is 0 Å². The monoisotopic (exact) mass is 275 g/mol. The molecule has 0 radical (unpaired) electrons. The Labute approximate surface area is 109 Å². The molecule has 0 saturated carbocycles. The summed E-state index contributed by atoms with van der Waals surface area (Å²) in [5, 5.41) is 9.09. The highest BCUT2D eigenvalue weighted by molar-refractivity contribution is 6.29. The van der Waals surface area contributed by atoms with Crippen molar-refractivity contribution in [3.05, 3.63) is 22.8 Å². The van der Waals surface area contributed by atoms with Crippen LogP contribution in [0.2, 0.25) is 5.15 Å². The second-order valence-corrected chi connectivity index (χ2v) is 3.63. The fourth-order valence-electron chi connectivity index (χ4n) is 1.13. The van der Waals surface area contributed by atoms with E-state index in [1.165, 1.54) is 12.1 Å². The number of halogens is 1. The molecule has 0 aliphatic heterocycles. The van der Waals surface area contributed by atoms with Crippen LogP contribution in [0.1, 0.15) is 10.4 Å². The van der Waals surface area contributed by atoms with Crippen molar-refractivity contribution < 1.29 is 24.1 Å². The van der Waals surface area contributed by atoms with Gasteiger partial charge >= 0.3 is 5.97 Å². The molecule has 1 heterocycles. The molecule has 0 unspecified atom stereocenters. The SMILES string of the molecule is COCCOCCOc1nc(Cl)ccc1C(=O)O. The van der Waals surface area contributed by atoms with Crippen molar-refractivity contribution in [2.75, 3.05) is 33.5 Å². The van der Waals surface area contributed by atoms with Crippen molar-refractivity contribution in [2.45, 2.75) is 0 Å². The van der Waals surface area contributed by atoms with Gasteiger partial charge in [-0.25, -0.2) is 9.78 Å². The molecule has 1 aromatic heterocycles. The van der Waals surface area contributed by atoms with Crippen LogP contribution in [0.15, 0.2) is 12.1 Å². The van der Waals surface area contributed by atoms with Gasteiger partial charge in [0.1, 0.15) is 17.3 Å². The molecule has 0 bridgehead atoms. The Morgan fingerprint density at radius 1 is 1.33 bits per heavy atom. The van der Waals surface area contributed by atoms with Gasteiger partial charge in [-0.15, -0.1) is 0 Å². The third-order valence-electron chi connectivity index (χ3n) is 1.95. The van der Waals surface area contributed by atoms with E-state index in [0.717, 1.165) is 0 Å². The molecule has 18 heavy (non-hydrogen) atoms. The van der Waals surface area contributed by atoms with E-state index in [-0.39, 0.29) is 23.2 Å². The molecule has 0 atom stereocenters. The zero-order chi connectivity index (χ0) is 13.4. The van der Waals surface area contributed by atoms with Gasteiger partial charge < -0.3 is 19.3 Å². The van der Waals surface area contributed by atoms with E-state index in [0.29, 0.717) is 19.8 Å². The molecule has 0 saturated heterocycles. The summed E-state index contributed by atoms with van der Waals surface area (Å²) in [4.78, 5) is 14.7. The number of methoxy groups -OCH3 is 1. The van der Waals surface area contributed by atoms with Crippen LogP contribution in [-0.4, -0.2) is 49.6 Å². The number of hydrogen-bond acceptors (Lipinski definition) is 5. The third kappa shape index (κ3) is 4.87. The Morgan fingerprint density at radius 2 is 2.06 bits per heavy atom. The van der Waals surface area contributed by atoms with Crippen molar-refractivity contribution in [3.8, 4) is 5.88 Å². The van der Waals surface area contributed by atoms with E-state index in [9.17, 15) is 4.79 Å². The fraction of sp³-hybridized carbons (Fsp3) is 0.455. The molecule has 1 aromatic rings. The summed E-state index contributed by atoms with van der Waals surface area (Å²) in [6, 6.07) is 2.74. The van der Waals surface area contributed by atoms with Crippen LogP contribution in [0.5, 0.6) is 5.88 Å². The van der Waals surface area contributed by atoms with Gasteiger partial charge in [0.15, 0.2) is 0 Å². The molecule has 0 aliphatic carbocycles. The van der Waals surface area contributed by atoms with Gasteiger partial charge in [-0.1, -0.05) is 11.6 Å². The van der Waals surface area contributed by atoms with Crippen LogP contribution in [0.3, 0.4) is 0 Å². The largest absolute Gasteiger partial charge is 0.477 e. The number of aromatic nitrogens is 1. The highest BCUT2D eigenvalue weighted by Crippen LogP contribution is 2.18. The van der Waals surface area contributed by atoms with Crippen LogP contribution in [0.25, 0.3) is 0 Å². The quantitative estimate of drug-likeness (QED) is 0.572. The third-order valence-corrected chi connectivity index (χ3v) is 2.17. The van der Waals surface area contributed by atoms with Crippen LogP contribution in [-0.2, 0) is 9.47 Å². The van der Waals surface area contributed by atoms with E-state index in [1.807, 2.05) is 0 Å². The number of ether oxygens (including phenoxy) is 3. The number of nitrogens with zero attached hydrogens (tertiary/aromatic N) is 1. The maximum Gasteiger partial charge on any atom is 0.341 e. The average molecular weight is 276 g/mol. The maximum absolute atomic E-state index is 10.9. The molecule has 6 nitrogen and oxygen atoms in total. The minimum atomic E-state index is -1.12. The minimum Gasteiger partial charge on any atom is -0.477 e. The zero-order valence-corrected chi connectivity index (χ0v) is 10.6. The summed E-state index contributed by atoms with van der Waals surface area (Å²) < 4.78 is 15.2. The summed E-state index contributed by atoms with van der Waals surface area (Å²) in [7, 11) is 1.58. The molecule has 0 aromatic carbocycles. The van der Waals surface area contributed by atoms with E-state index < -0.39 is 5.97 Å². The number of carbonyl (C=O) groups is 1. The summed E-state index contributed by atoms with van der Waals surface area (Å²) in [5.41, 5.74) is -0.0312. The van der Waals surface area contributed by atoms with Crippen molar-refractivity contribution in [3.63, 3.8) is 0 Å². The summed E-state index contributed by atoms with van der Waals surface area (Å²) in [6.07, 6.45) is 0. The van der Waals surface area contributed by atoms with Crippen LogP contribution in [0.4, 0.5) is 0 Å². The standard InChI is InChI=1S/C11H14ClNO5/c1-16-4-5-17-6-7-18-10-8(11(14)15)2-3-9(12)13-10/h2-3H,4-7H2,1H3,(H,14,15). The van der Waals surface area contributed by atoms with E-state index in [2.05, 4.69) is 4.98 Å². The number of carboxylic acid groups (broad SMARTS) is 1. The highest BCUT2D eigenvalue weighted by atomic mass is 35.5. The summed E-state index contributed by atoms with van der Waals surface area (Å²) >= 11 is 5.67. The first-order chi connectivity index (χ1) is 8.65. The lowest BCUT2D eigenvalue weighted by Crippen LogP contribution is -2.12. The predicted octanol–water partition coefficient (Wildman–Crippen LogP) is 1.48. The molecule has 1 N–H and O–H groups in total. The minimum absolute atomic E-state index is 0.00894. The maximum atomic E-state index is 10.9. The molecule has 100 valence electrons. The Hall–Kier alpha value is -1.37. The van der Waals surface area contributed by atoms with Gasteiger partial charge in [0.25, 0.3) is 0 Å². The molecule has 7 heteroatoms. The Kier molecular flexibility index (Phi) is 6.42. The van der Waals surface area contributed by atoms with Gasteiger partial charge in [-0.3, -0.25) is 0 Å². The van der Waals surface area contributed by atoms with Crippen molar-refractivity contribution in [2.24, 2.45) is 0 Å². The highest BCUT2D eigenvalue weighted by Gasteiger charge is 2.13. The Bertz CT molecular complexity index is 399. The Balaban J connectivity index is 2.45. The molecule has 1 rings (SSSR count). The van der Waals surface area contributed by atoms with Gasteiger partial charge in [-0.05, 0) is 12.1 Å². The van der Waals surface area contributed by atoms with Crippen LogP contribution in [0, 0.1) is 0 Å². The van der Waals surface area contributed by atoms with E-state index >= 15 is 0 Å². The lowest BCUT2D eigenvalue weighted by Gasteiger charge is -2.08. The lowest BCUT2D eigenvalue weighted by atomic mass is 10.3. The molecule has 0 aliphatic rings. The van der Waals surface area contributed by atoms with Crippen molar-refractivity contribution >= 4 is 17.6 Å². The number of pyridine rings is 1. The second-order valence-electron chi connectivity index (χ2n) is 3.25. The van der Waals surface area contributed by atoms with Gasteiger partial charge in [0, 0.05) is 7.11 Å². The molecule has 0 fully saturated rings. The first kappa shape index (κ1) is 14.7. The molecule has 0 amide bonds. The van der Waals surface area contributed by atoms with Crippen LogP contribution >= 0.6 is 11.6 Å². The normalized spacial score (nSPS) is 10.3. The number of aromatic carboxylic acids is 1. The summed E-state index contributed by atoms with van der Waals surface area (Å²) in [6.45, 7) is 1.46. The fourth-order valence-corrected chi connectivity index (χ4v) is 1.27.